The van der Waals surface area contributed by atoms with Crippen LogP contribution in [0.5, 0.6) is 0 Å². The number of carbonyl (C=O) groups excluding carboxylic acids is 1. The summed E-state index contributed by atoms with van der Waals surface area (Å²) in [5.41, 5.74) is 1.64. The fraction of sp³-hybridized carbons (Fsp3) is 0.304. The lowest BCUT2D eigenvalue weighted by Crippen LogP contribution is -2.40. The summed E-state index contributed by atoms with van der Waals surface area (Å²) in [4.78, 5) is 21.1. The van der Waals surface area contributed by atoms with Crippen LogP contribution in [0.3, 0.4) is 0 Å². The maximum absolute atomic E-state index is 13.9. The predicted molar refractivity (Wildman–Crippen MR) is 121 cm³/mol. The van der Waals surface area contributed by atoms with Crippen LogP contribution in [-0.2, 0) is 16.1 Å². The maximum Gasteiger partial charge on any atom is 0.254 e. The van der Waals surface area contributed by atoms with Crippen LogP contribution in [0.4, 0.5) is 14.5 Å². The van der Waals surface area contributed by atoms with Crippen molar-refractivity contribution in [1.29, 1.82) is 0 Å². The summed E-state index contributed by atoms with van der Waals surface area (Å²) >= 11 is 3.45. The van der Waals surface area contributed by atoms with Gasteiger partial charge in [-0.1, -0.05) is 6.07 Å². The van der Waals surface area contributed by atoms with E-state index in [-0.39, 0.29) is 24.2 Å². The first-order valence-electron chi connectivity index (χ1n) is 10.2. The van der Waals surface area contributed by atoms with Crippen LogP contribution in [0.2, 0.25) is 0 Å². The van der Waals surface area contributed by atoms with Crippen LogP contribution in [0.15, 0.2) is 58.1 Å². The Morgan fingerprint density at radius 3 is 2.75 bits per heavy atom. The standard InChI is InChI=1S/C23H22BrF2N3O3/c1-15-27-22(32-14-17-5-6-18(25)12-21(17)26)20(24)13-29(15)19-4-2-3-16(11-19)23(30)28-7-9-31-10-8-28/h2-6,11-13,15H,7-10,14H2,1H3. The lowest BCUT2D eigenvalue weighted by Gasteiger charge is -2.31. The van der Waals surface area contributed by atoms with Crippen LogP contribution >= 0.6 is 15.9 Å². The summed E-state index contributed by atoms with van der Waals surface area (Å²) in [6.45, 7) is 4.05. The van der Waals surface area contributed by atoms with Gasteiger partial charge in [0.05, 0.1) is 17.7 Å². The zero-order chi connectivity index (χ0) is 22.7. The quantitative estimate of drug-likeness (QED) is 0.615. The summed E-state index contributed by atoms with van der Waals surface area (Å²) in [5, 5.41) is 0. The third-order valence-electron chi connectivity index (χ3n) is 5.23. The summed E-state index contributed by atoms with van der Waals surface area (Å²) < 4.78 is 38.5. The zero-order valence-corrected chi connectivity index (χ0v) is 19.0. The van der Waals surface area contributed by atoms with Crippen LogP contribution < -0.4 is 4.90 Å². The largest absolute Gasteiger partial charge is 0.472 e. The van der Waals surface area contributed by atoms with Gasteiger partial charge in [0.2, 0.25) is 5.90 Å². The van der Waals surface area contributed by atoms with Gasteiger partial charge in [0.15, 0.2) is 0 Å². The van der Waals surface area contributed by atoms with Crippen molar-refractivity contribution in [1.82, 2.24) is 4.90 Å². The van der Waals surface area contributed by atoms with Crippen molar-refractivity contribution in [2.45, 2.75) is 19.7 Å². The maximum atomic E-state index is 13.9. The first kappa shape index (κ1) is 22.4. The Balaban J connectivity index is 1.47. The Labute approximate surface area is 193 Å². The molecular weight excluding hydrogens is 484 g/mol. The molecule has 32 heavy (non-hydrogen) atoms. The Bertz CT molecular complexity index is 1070. The second-order valence-electron chi connectivity index (χ2n) is 7.43. The van der Waals surface area contributed by atoms with Crippen molar-refractivity contribution in [3.8, 4) is 0 Å². The smallest absolute Gasteiger partial charge is 0.254 e. The van der Waals surface area contributed by atoms with E-state index in [4.69, 9.17) is 9.47 Å². The van der Waals surface area contributed by atoms with E-state index < -0.39 is 11.6 Å². The number of rotatable bonds is 4. The van der Waals surface area contributed by atoms with Crippen molar-refractivity contribution >= 4 is 33.4 Å². The predicted octanol–water partition coefficient (Wildman–Crippen LogP) is 4.45. The molecular formula is C23H22BrF2N3O3. The summed E-state index contributed by atoms with van der Waals surface area (Å²) in [7, 11) is 0. The van der Waals surface area contributed by atoms with E-state index in [1.54, 1.807) is 11.0 Å². The van der Waals surface area contributed by atoms with Gasteiger partial charge in [-0.3, -0.25) is 4.79 Å². The van der Waals surface area contributed by atoms with E-state index in [2.05, 4.69) is 20.9 Å². The highest BCUT2D eigenvalue weighted by Gasteiger charge is 2.24. The SMILES string of the molecule is CC1N=C(OCc2ccc(F)cc2F)C(Br)=CN1c1cccc(C(=O)N2CCOCC2)c1. The van der Waals surface area contributed by atoms with Gasteiger partial charge in [0.1, 0.15) is 24.4 Å². The first-order valence-corrected chi connectivity index (χ1v) is 11.0. The van der Waals surface area contributed by atoms with Gasteiger partial charge < -0.3 is 19.3 Å². The Morgan fingerprint density at radius 1 is 1.22 bits per heavy atom. The lowest BCUT2D eigenvalue weighted by molar-refractivity contribution is 0.0303. The molecule has 1 atom stereocenters. The van der Waals surface area contributed by atoms with Crippen molar-refractivity contribution in [3.05, 3.63) is 75.9 Å². The molecule has 1 fully saturated rings. The molecule has 168 valence electrons. The summed E-state index contributed by atoms with van der Waals surface area (Å²) in [6, 6.07) is 10.7. The molecule has 0 spiro atoms. The van der Waals surface area contributed by atoms with Crippen LogP contribution in [0.25, 0.3) is 0 Å². The van der Waals surface area contributed by atoms with E-state index in [9.17, 15) is 13.6 Å². The molecule has 0 bridgehead atoms. The van der Waals surface area contributed by atoms with Gasteiger partial charge >= 0.3 is 0 Å². The average molecular weight is 506 g/mol. The number of benzene rings is 2. The van der Waals surface area contributed by atoms with E-state index in [0.717, 1.165) is 11.8 Å². The van der Waals surface area contributed by atoms with Crippen molar-refractivity contribution in [3.63, 3.8) is 0 Å². The second kappa shape index (κ2) is 9.79. The lowest BCUT2D eigenvalue weighted by atomic mass is 10.1. The number of ether oxygens (including phenoxy) is 2. The number of hydrogen-bond donors (Lipinski definition) is 0. The Kier molecular flexibility index (Phi) is 6.86. The number of amides is 1. The fourth-order valence-electron chi connectivity index (χ4n) is 3.51. The number of hydrogen-bond acceptors (Lipinski definition) is 5. The third kappa shape index (κ3) is 4.99. The molecule has 2 heterocycles. The minimum absolute atomic E-state index is 0.0308. The highest BCUT2D eigenvalue weighted by Crippen LogP contribution is 2.27. The van der Waals surface area contributed by atoms with Crippen molar-refractivity contribution < 1.29 is 23.0 Å². The van der Waals surface area contributed by atoms with Gasteiger partial charge in [0, 0.05) is 42.2 Å². The number of morpholine rings is 1. The van der Waals surface area contributed by atoms with E-state index >= 15 is 0 Å². The zero-order valence-electron chi connectivity index (χ0n) is 17.4. The number of carbonyl (C=O) groups is 1. The Morgan fingerprint density at radius 2 is 2.00 bits per heavy atom. The van der Waals surface area contributed by atoms with Gasteiger partial charge in [-0.15, -0.1) is 0 Å². The minimum Gasteiger partial charge on any atom is -0.472 e. The minimum atomic E-state index is -0.669. The second-order valence-corrected chi connectivity index (χ2v) is 8.28. The molecule has 2 aromatic carbocycles. The molecule has 2 aliphatic rings. The molecule has 0 radical (unpaired) electrons. The molecule has 0 aromatic heterocycles. The topological polar surface area (TPSA) is 54.4 Å². The monoisotopic (exact) mass is 505 g/mol. The van der Waals surface area contributed by atoms with Gasteiger partial charge in [-0.05, 0) is 53.2 Å². The number of halogens is 3. The van der Waals surface area contributed by atoms with Crippen molar-refractivity contribution in [2.24, 2.45) is 4.99 Å². The van der Waals surface area contributed by atoms with Gasteiger partial charge in [-0.2, -0.15) is 0 Å². The molecule has 1 amide bonds. The molecule has 1 unspecified atom stereocenters. The highest BCUT2D eigenvalue weighted by atomic mass is 79.9. The van der Waals surface area contributed by atoms with Crippen molar-refractivity contribution in [2.75, 3.05) is 31.2 Å². The molecule has 0 aliphatic carbocycles. The van der Waals surface area contributed by atoms with E-state index in [1.807, 2.05) is 36.2 Å². The molecule has 2 aliphatic heterocycles. The molecule has 2 aromatic rings. The molecule has 6 nitrogen and oxygen atoms in total. The Hall–Kier alpha value is -2.78. The summed E-state index contributed by atoms with van der Waals surface area (Å²) in [6.07, 6.45) is 1.49. The molecule has 9 heteroatoms. The number of nitrogens with zero attached hydrogens (tertiary/aromatic N) is 3. The van der Waals surface area contributed by atoms with Gasteiger partial charge in [-0.25, -0.2) is 13.8 Å². The fourth-order valence-corrected chi connectivity index (χ4v) is 3.95. The van der Waals surface area contributed by atoms with E-state index in [1.165, 1.54) is 12.1 Å². The molecule has 4 rings (SSSR count). The number of aliphatic imine (C=N–C) groups is 1. The van der Waals surface area contributed by atoms with E-state index in [0.29, 0.717) is 42.2 Å². The molecule has 1 saturated heterocycles. The first-order chi connectivity index (χ1) is 15.4. The molecule has 0 N–H and O–H groups in total. The normalized spacial score (nSPS) is 18.8. The number of anilines is 1. The summed E-state index contributed by atoms with van der Waals surface area (Å²) in [5.74, 6) is -1.02. The highest BCUT2D eigenvalue weighted by molar-refractivity contribution is 9.12. The third-order valence-corrected chi connectivity index (χ3v) is 5.78. The molecule has 0 saturated carbocycles. The van der Waals surface area contributed by atoms with Gasteiger partial charge in [0.25, 0.3) is 5.91 Å². The average Bonchev–Trinajstić information content (AvgIpc) is 2.80. The van der Waals surface area contributed by atoms with Crippen LogP contribution in [0.1, 0.15) is 22.8 Å². The van der Waals surface area contributed by atoms with Crippen LogP contribution in [0, 0.1) is 11.6 Å². The van der Waals surface area contributed by atoms with Crippen LogP contribution in [-0.4, -0.2) is 49.2 Å².